The first-order valence-electron chi connectivity index (χ1n) is 6.91. The molecule has 0 heterocycles. The van der Waals surface area contributed by atoms with E-state index in [9.17, 15) is 9.90 Å². The van der Waals surface area contributed by atoms with Gasteiger partial charge in [-0.15, -0.1) is 12.4 Å². The number of hydrogen-bond donors (Lipinski definition) is 3. The van der Waals surface area contributed by atoms with Gasteiger partial charge in [-0.1, -0.05) is 18.9 Å². The number of carbonyl (C=O) groups excluding carboxylic acids is 1. The SMILES string of the molecule is Cc1ccc(O)c(NC(=O)CC2CCCCC2N)c1.Cl. The summed E-state index contributed by atoms with van der Waals surface area (Å²) >= 11 is 0. The summed E-state index contributed by atoms with van der Waals surface area (Å²) in [5.74, 6) is 0.302. The van der Waals surface area contributed by atoms with E-state index in [-0.39, 0.29) is 36.0 Å². The van der Waals surface area contributed by atoms with E-state index in [2.05, 4.69) is 5.32 Å². The summed E-state index contributed by atoms with van der Waals surface area (Å²) in [6.45, 7) is 1.92. The van der Waals surface area contributed by atoms with Gasteiger partial charge in [-0.3, -0.25) is 4.79 Å². The van der Waals surface area contributed by atoms with Crippen LogP contribution in [0.3, 0.4) is 0 Å². The summed E-state index contributed by atoms with van der Waals surface area (Å²) in [5, 5.41) is 12.5. The maximum Gasteiger partial charge on any atom is 0.224 e. The number of carbonyl (C=O) groups is 1. The summed E-state index contributed by atoms with van der Waals surface area (Å²) in [7, 11) is 0. The molecule has 1 aliphatic rings. The lowest BCUT2D eigenvalue weighted by Crippen LogP contribution is -2.35. The van der Waals surface area contributed by atoms with E-state index in [0.717, 1.165) is 31.2 Å². The highest BCUT2D eigenvalue weighted by Crippen LogP contribution is 2.28. The van der Waals surface area contributed by atoms with Crippen LogP contribution in [0, 0.1) is 12.8 Å². The van der Waals surface area contributed by atoms with Gasteiger partial charge in [-0.25, -0.2) is 0 Å². The molecule has 1 amide bonds. The van der Waals surface area contributed by atoms with Crippen molar-refractivity contribution in [1.82, 2.24) is 0 Å². The Kier molecular flexibility index (Phi) is 6.30. The highest BCUT2D eigenvalue weighted by Gasteiger charge is 2.24. The number of hydrogen-bond acceptors (Lipinski definition) is 3. The Labute approximate surface area is 126 Å². The third-order valence-corrected chi connectivity index (χ3v) is 3.84. The number of phenols is 1. The van der Waals surface area contributed by atoms with Crippen molar-refractivity contribution < 1.29 is 9.90 Å². The van der Waals surface area contributed by atoms with Crippen LogP contribution < -0.4 is 11.1 Å². The molecule has 1 saturated carbocycles. The summed E-state index contributed by atoms with van der Waals surface area (Å²) in [5.41, 5.74) is 7.53. The van der Waals surface area contributed by atoms with Crippen LogP contribution in [0.1, 0.15) is 37.7 Å². The molecule has 1 aliphatic carbocycles. The number of benzene rings is 1. The standard InChI is InChI=1S/C15H22N2O2.ClH/c1-10-6-7-14(18)13(8-10)17-15(19)9-11-4-2-3-5-12(11)16;/h6-8,11-12,18H,2-5,9,16H2,1H3,(H,17,19);1H. The van der Waals surface area contributed by atoms with E-state index in [1.807, 2.05) is 13.0 Å². The van der Waals surface area contributed by atoms with Crippen molar-refractivity contribution in [2.45, 2.75) is 45.1 Å². The average Bonchev–Trinajstić information content (AvgIpc) is 2.37. The van der Waals surface area contributed by atoms with Crippen LogP contribution in [-0.4, -0.2) is 17.1 Å². The first-order valence-corrected chi connectivity index (χ1v) is 6.91. The Bertz CT molecular complexity index is 465. The zero-order valence-corrected chi connectivity index (χ0v) is 12.6. The fraction of sp³-hybridized carbons (Fsp3) is 0.533. The molecule has 1 fully saturated rings. The normalized spacial score (nSPS) is 21.9. The van der Waals surface area contributed by atoms with E-state index in [1.165, 1.54) is 0 Å². The largest absolute Gasteiger partial charge is 0.506 e. The Balaban J connectivity index is 0.00000200. The van der Waals surface area contributed by atoms with Crippen molar-refractivity contribution in [3.05, 3.63) is 23.8 Å². The van der Waals surface area contributed by atoms with Gasteiger partial charge >= 0.3 is 0 Å². The van der Waals surface area contributed by atoms with Crippen molar-refractivity contribution in [3.8, 4) is 5.75 Å². The summed E-state index contributed by atoms with van der Waals surface area (Å²) < 4.78 is 0. The molecule has 20 heavy (non-hydrogen) atoms. The second kappa shape index (κ2) is 7.50. The molecule has 2 atom stereocenters. The van der Waals surface area contributed by atoms with Crippen LogP contribution in [0.5, 0.6) is 5.75 Å². The predicted octanol–water partition coefficient (Wildman–Crippen LogP) is 2.97. The molecule has 0 bridgehead atoms. The van der Waals surface area contributed by atoms with Crippen molar-refractivity contribution in [2.24, 2.45) is 11.7 Å². The number of amides is 1. The van der Waals surface area contributed by atoms with E-state index in [4.69, 9.17) is 5.73 Å². The number of phenolic OH excluding ortho intramolecular Hbond substituents is 1. The zero-order valence-electron chi connectivity index (χ0n) is 11.8. The maximum atomic E-state index is 12.0. The van der Waals surface area contributed by atoms with Gasteiger partial charge in [-0.05, 0) is 43.4 Å². The minimum atomic E-state index is -0.0664. The van der Waals surface area contributed by atoms with Gasteiger partial charge in [0.15, 0.2) is 0 Å². The Morgan fingerprint density at radius 1 is 1.40 bits per heavy atom. The van der Waals surface area contributed by atoms with E-state index in [1.54, 1.807) is 12.1 Å². The van der Waals surface area contributed by atoms with Crippen molar-refractivity contribution in [3.63, 3.8) is 0 Å². The van der Waals surface area contributed by atoms with Gasteiger partial charge in [0.25, 0.3) is 0 Å². The Morgan fingerprint density at radius 2 is 2.10 bits per heavy atom. The topological polar surface area (TPSA) is 75.3 Å². The van der Waals surface area contributed by atoms with E-state index < -0.39 is 0 Å². The molecule has 0 radical (unpaired) electrons. The molecule has 4 nitrogen and oxygen atoms in total. The fourth-order valence-electron chi connectivity index (χ4n) is 2.68. The van der Waals surface area contributed by atoms with Gasteiger partial charge in [0.1, 0.15) is 5.75 Å². The molecule has 0 spiro atoms. The number of halogens is 1. The monoisotopic (exact) mass is 298 g/mol. The number of rotatable bonds is 3. The molecular weight excluding hydrogens is 276 g/mol. The molecule has 0 aliphatic heterocycles. The van der Waals surface area contributed by atoms with Gasteiger partial charge in [-0.2, -0.15) is 0 Å². The molecule has 5 heteroatoms. The van der Waals surface area contributed by atoms with E-state index >= 15 is 0 Å². The predicted molar refractivity (Wildman–Crippen MR) is 83.3 cm³/mol. The van der Waals surface area contributed by atoms with Crippen molar-refractivity contribution >= 4 is 24.0 Å². The van der Waals surface area contributed by atoms with Crippen LogP contribution in [-0.2, 0) is 4.79 Å². The quantitative estimate of drug-likeness (QED) is 0.751. The molecule has 1 aromatic rings. The third kappa shape index (κ3) is 4.39. The first-order chi connectivity index (χ1) is 9.06. The number of nitrogens with two attached hydrogens (primary N) is 1. The number of nitrogens with one attached hydrogen (secondary N) is 1. The molecular formula is C15H23ClN2O2. The lowest BCUT2D eigenvalue weighted by atomic mass is 9.83. The Hall–Kier alpha value is -1.26. The fourth-order valence-corrected chi connectivity index (χ4v) is 2.68. The van der Waals surface area contributed by atoms with Crippen LogP contribution in [0.2, 0.25) is 0 Å². The second-order valence-electron chi connectivity index (χ2n) is 5.48. The van der Waals surface area contributed by atoms with Gasteiger partial charge in [0.2, 0.25) is 5.91 Å². The lowest BCUT2D eigenvalue weighted by Gasteiger charge is -2.28. The highest BCUT2D eigenvalue weighted by atomic mass is 35.5. The van der Waals surface area contributed by atoms with Crippen molar-refractivity contribution in [1.29, 1.82) is 0 Å². The van der Waals surface area contributed by atoms with Crippen LogP contribution >= 0.6 is 12.4 Å². The van der Waals surface area contributed by atoms with Crippen LogP contribution in [0.25, 0.3) is 0 Å². The first kappa shape index (κ1) is 16.8. The Morgan fingerprint density at radius 3 is 2.80 bits per heavy atom. The highest BCUT2D eigenvalue weighted by molar-refractivity contribution is 5.92. The number of anilines is 1. The number of aryl methyl sites for hydroxylation is 1. The molecule has 112 valence electrons. The van der Waals surface area contributed by atoms with Crippen LogP contribution in [0.4, 0.5) is 5.69 Å². The molecule has 0 aromatic heterocycles. The summed E-state index contributed by atoms with van der Waals surface area (Å²) in [4.78, 5) is 12.0. The maximum absolute atomic E-state index is 12.0. The van der Waals surface area contributed by atoms with Crippen LogP contribution in [0.15, 0.2) is 18.2 Å². The minimum Gasteiger partial charge on any atom is -0.506 e. The smallest absolute Gasteiger partial charge is 0.224 e. The molecule has 4 N–H and O–H groups in total. The number of aromatic hydroxyl groups is 1. The second-order valence-corrected chi connectivity index (χ2v) is 5.48. The minimum absolute atomic E-state index is 0. The van der Waals surface area contributed by atoms with Gasteiger partial charge in [0.05, 0.1) is 5.69 Å². The summed E-state index contributed by atoms with van der Waals surface area (Å²) in [6.07, 6.45) is 4.79. The lowest BCUT2D eigenvalue weighted by molar-refractivity contribution is -0.117. The molecule has 1 aromatic carbocycles. The molecule has 2 rings (SSSR count). The van der Waals surface area contributed by atoms with Gasteiger partial charge in [0, 0.05) is 12.5 Å². The third-order valence-electron chi connectivity index (χ3n) is 3.84. The van der Waals surface area contributed by atoms with Gasteiger partial charge < -0.3 is 16.2 Å². The average molecular weight is 299 g/mol. The summed E-state index contributed by atoms with van der Waals surface area (Å²) in [6, 6.07) is 5.30. The molecule has 0 saturated heterocycles. The zero-order chi connectivity index (χ0) is 13.8. The van der Waals surface area contributed by atoms with E-state index in [0.29, 0.717) is 12.1 Å². The molecule has 2 unspecified atom stereocenters. The van der Waals surface area contributed by atoms with Crippen molar-refractivity contribution in [2.75, 3.05) is 5.32 Å².